The van der Waals surface area contributed by atoms with E-state index in [9.17, 15) is 8.42 Å². The molecule has 4 fully saturated rings. The molecule has 1 atom stereocenters. The van der Waals surface area contributed by atoms with Crippen LogP contribution in [0.25, 0.3) is 11.1 Å². The molecule has 304 valence electrons. The largest absolute Gasteiger partial charge is 0.406 e. The molecular formula is C45H66FeNO3P2PdS-. The van der Waals surface area contributed by atoms with E-state index in [0.717, 1.165) is 28.1 Å². The van der Waals surface area contributed by atoms with Crippen molar-refractivity contribution in [1.82, 2.24) is 0 Å². The van der Waals surface area contributed by atoms with E-state index in [0.29, 0.717) is 22.2 Å². The molecule has 3 N–H and O–H groups in total. The third-order valence-corrected chi connectivity index (χ3v) is 17.4. The maximum absolute atomic E-state index is 9.19. The number of rotatable bonds is 6. The molecule has 9 heteroatoms. The fraction of sp³-hybridized carbons (Fsp3) is 0.511. The molecule has 0 spiro atoms. The molecule has 0 bridgehead atoms. The Morgan fingerprint density at radius 3 is 1.59 bits per heavy atom. The molecule has 4 aliphatic rings. The first-order valence-corrected chi connectivity index (χ1v) is 24.0. The molecule has 0 heterocycles. The van der Waals surface area contributed by atoms with Crippen molar-refractivity contribution >= 4 is 31.6 Å². The molecule has 4 nitrogen and oxygen atoms in total. The van der Waals surface area contributed by atoms with E-state index in [1.165, 1.54) is 64.2 Å². The predicted molar refractivity (Wildman–Crippen MR) is 230 cm³/mol. The maximum atomic E-state index is 9.19. The van der Waals surface area contributed by atoms with Crippen molar-refractivity contribution in [3.05, 3.63) is 118 Å². The standard InChI is InChI=1S/C27H47P2.C12H10N.C5H5.CH4O3S.Fe.Pd/c1-21(29(26(2,3)4)27(5,6)7)24-19-14-20-25(24)28(22-15-10-8-11-16-22)23-17-12-9-13-18-23;13-12-9-5-4-8-11(12)10-6-2-1-3-7-10;1-2-4-5-3-1;1-5(2,3)4;;/h14,19-23H,8-13,15-18H2,1-7H3;1-6,8-9H,13H2;1-5H;1H3,(H,2,3,4);;/q;-1;;;;/t21-;;;;;/m0...../s1. The number of anilines is 1. The molecule has 0 aliphatic heterocycles. The Balaban J connectivity index is 0.000000477. The summed E-state index contributed by atoms with van der Waals surface area (Å²) in [5.74, 6) is 1.75. The first kappa shape index (κ1) is 52.2. The van der Waals surface area contributed by atoms with Crippen LogP contribution in [0, 0.1) is 69.0 Å². The second kappa shape index (κ2) is 25.6. The minimum absolute atomic E-state index is 0. The van der Waals surface area contributed by atoms with Crippen LogP contribution in [0.3, 0.4) is 0 Å². The number of nitrogens with two attached hydrogens (primary N) is 1. The van der Waals surface area contributed by atoms with Crippen molar-refractivity contribution in [2.75, 3.05) is 12.0 Å². The summed E-state index contributed by atoms with van der Waals surface area (Å²) < 4.78 is 25.9. The van der Waals surface area contributed by atoms with E-state index < -0.39 is 10.1 Å². The summed E-state index contributed by atoms with van der Waals surface area (Å²) in [6, 6.07) is 18.8. The quantitative estimate of drug-likeness (QED) is 0.0994. The number of benzene rings is 2. The summed E-state index contributed by atoms with van der Waals surface area (Å²) >= 11 is 0. The monoisotopic (exact) mass is 924 g/mol. The molecule has 0 unspecified atom stereocenters. The van der Waals surface area contributed by atoms with Gasteiger partial charge in [-0.15, -0.1) is 35.9 Å². The van der Waals surface area contributed by atoms with Crippen LogP contribution >= 0.6 is 15.8 Å². The number of hydrogen-bond acceptors (Lipinski definition) is 3. The van der Waals surface area contributed by atoms with E-state index >= 15 is 0 Å². The molecule has 0 saturated heterocycles. The fourth-order valence-corrected chi connectivity index (χ4v) is 17.3. The van der Waals surface area contributed by atoms with Gasteiger partial charge in [0.25, 0.3) is 10.1 Å². The van der Waals surface area contributed by atoms with E-state index in [4.69, 9.17) is 10.3 Å². The summed E-state index contributed by atoms with van der Waals surface area (Å²) in [4.78, 5) is 0. The normalized spacial score (nSPS) is 19.6. The number of hydrogen-bond donors (Lipinski definition) is 2. The Hall–Kier alpha value is 0.192. The van der Waals surface area contributed by atoms with Crippen LogP contribution in [0.4, 0.5) is 5.69 Å². The zero-order valence-electron chi connectivity index (χ0n) is 33.9. The zero-order chi connectivity index (χ0) is 38.4. The average Bonchev–Trinajstić information content (AvgIpc) is 3.82. The van der Waals surface area contributed by atoms with Gasteiger partial charge in [0, 0.05) is 43.2 Å². The molecule has 2 aromatic rings. The summed E-state index contributed by atoms with van der Waals surface area (Å²) in [6.45, 7) is 17.5. The van der Waals surface area contributed by atoms with Gasteiger partial charge < -0.3 is 5.73 Å². The van der Waals surface area contributed by atoms with Gasteiger partial charge in [-0.1, -0.05) is 127 Å². The third kappa shape index (κ3) is 18.4. The second-order valence-corrected chi connectivity index (χ2v) is 24.7. The summed E-state index contributed by atoms with van der Waals surface area (Å²) in [5, 5.41) is 0.778. The molecule has 0 amide bonds. The van der Waals surface area contributed by atoms with Crippen LogP contribution in [-0.2, 0) is 47.6 Å². The van der Waals surface area contributed by atoms with E-state index in [-0.39, 0.29) is 53.3 Å². The Kier molecular flexibility index (Phi) is 24.8. The van der Waals surface area contributed by atoms with Crippen LogP contribution in [0.15, 0.2) is 48.5 Å². The Morgan fingerprint density at radius 2 is 1.19 bits per heavy atom. The summed E-state index contributed by atoms with van der Waals surface area (Å²) in [6.07, 6.45) is 33.2. The molecule has 54 heavy (non-hydrogen) atoms. The SMILES string of the molecule is CS(=O)(=O)O.C[C@@H]([C]1[CH][CH][CH][C]1P(C1CCCCC1)C1CCCCC1)P(C(C)(C)C)C(C)(C)C.Nc1ccccc1-c1[c-]cccc1.[CH]1[CH][CH][CH][CH]1.[Fe].[Pd]. The van der Waals surface area contributed by atoms with Crippen molar-refractivity contribution in [2.24, 2.45) is 0 Å². The molecule has 2 aromatic carbocycles. The fourth-order valence-electron chi connectivity index (χ4n) is 8.35. The van der Waals surface area contributed by atoms with Gasteiger partial charge in [0.1, 0.15) is 0 Å². The van der Waals surface area contributed by atoms with E-state index in [2.05, 4.69) is 73.8 Å². The number of nitrogen functional groups attached to an aromatic ring is 1. The van der Waals surface area contributed by atoms with Gasteiger partial charge in [-0.3, -0.25) is 4.55 Å². The molecule has 0 aromatic heterocycles. The van der Waals surface area contributed by atoms with Gasteiger partial charge in [0.2, 0.25) is 0 Å². The summed E-state index contributed by atoms with van der Waals surface area (Å²) in [5.41, 5.74) is 13.3. The molecule has 10 radical (unpaired) electrons. The average molecular weight is 925 g/mol. The van der Waals surface area contributed by atoms with Gasteiger partial charge in [0.15, 0.2) is 0 Å². The first-order valence-electron chi connectivity index (χ1n) is 19.2. The number of para-hydroxylation sites is 1. The predicted octanol–water partition coefficient (Wildman–Crippen LogP) is 12.6. The van der Waals surface area contributed by atoms with E-state index in [1.807, 2.05) is 86.3 Å². The van der Waals surface area contributed by atoms with Crippen molar-refractivity contribution in [1.29, 1.82) is 0 Å². The molecular weight excluding hydrogens is 859 g/mol. The second-order valence-electron chi connectivity index (χ2n) is 16.3. The van der Waals surface area contributed by atoms with Gasteiger partial charge >= 0.3 is 0 Å². The minimum atomic E-state index is -3.67. The maximum Gasteiger partial charge on any atom is 0.261 e. The Morgan fingerprint density at radius 1 is 0.741 bits per heavy atom. The first-order chi connectivity index (χ1) is 24.5. The van der Waals surface area contributed by atoms with Gasteiger partial charge in [0.05, 0.1) is 6.26 Å². The Bertz CT molecular complexity index is 1340. The van der Waals surface area contributed by atoms with Crippen molar-refractivity contribution in [3.63, 3.8) is 0 Å². The van der Waals surface area contributed by atoms with Crippen LogP contribution in [0.2, 0.25) is 0 Å². The van der Waals surface area contributed by atoms with E-state index in [1.54, 1.807) is 5.92 Å². The van der Waals surface area contributed by atoms with Gasteiger partial charge in [-0.2, -0.15) is 8.42 Å². The van der Waals surface area contributed by atoms with Gasteiger partial charge in [-0.05, 0) is 122 Å². The Labute approximate surface area is 360 Å². The van der Waals surface area contributed by atoms with Crippen molar-refractivity contribution in [2.45, 2.75) is 140 Å². The topological polar surface area (TPSA) is 80.4 Å². The zero-order valence-corrected chi connectivity index (χ0v) is 39.1. The molecule has 4 saturated carbocycles. The summed E-state index contributed by atoms with van der Waals surface area (Å²) in [7, 11) is -3.78. The molecule has 4 aliphatic carbocycles. The van der Waals surface area contributed by atoms with Crippen molar-refractivity contribution < 1.29 is 50.5 Å². The minimum Gasteiger partial charge on any atom is -0.406 e. The van der Waals surface area contributed by atoms with Crippen LogP contribution in [-0.4, -0.2) is 46.5 Å². The van der Waals surface area contributed by atoms with Crippen LogP contribution < -0.4 is 5.73 Å². The third-order valence-electron chi connectivity index (χ3n) is 9.84. The van der Waals surface area contributed by atoms with Crippen molar-refractivity contribution in [3.8, 4) is 11.1 Å². The smallest absolute Gasteiger partial charge is 0.261 e. The van der Waals surface area contributed by atoms with Crippen LogP contribution in [0.1, 0.15) is 113 Å². The molecule has 6 rings (SSSR count). The van der Waals surface area contributed by atoms with Crippen LogP contribution in [0.5, 0.6) is 0 Å². The van der Waals surface area contributed by atoms with Gasteiger partial charge in [-0.25, -0.2) is 0 Å².